The van der Waals surface area contributed by atoms with E-state index in [1.165, 1.54) is 23.3 Å². The molecule has 3 N–H and O–H groups in total. The summed E-state index contributed by atoms with van der Waals surface area (Å²) in [5, 5.41) is 35.0. The zero-order chi connectivity index (χ0) is 23.7. The molecule has 1 aromatic carbocycles. The van der Waals surface area contributed by atoms with Crippen molar-refractivity contribution >= 4 is 23.4 Å². The molecule has 0 amide bonds. The van der Waals surface area contributed by atoms with Crippen LogP contribution in [0.4, 0.5) is 8.78 Å². The topological polar surface area (TPSA) is 101 Å². The van der Waals surface area contributed by atoms with E-state index in [9.17, 15) is 24.1 Å². The number of ether oxygens (including phenoxy) is 1. The number of benzene rings is 1. The first-order valence-corrected chi connectivity index (χ1v) is 11.0. The second-order valence-electron chi connectivity index (χ2n) is 7.33. The Kier molecular flexibility index (Phi) is 6.99. The fourth-order valence-corrected chi connectivity index (χ4v) is 4.74. The van der Waals surface area contributed by atoms with Crippen LogP contribution < -0.4 is 0 Å². The Labute approximate surface area is 197 Å². The maximum absolute atomic E-state index is 13.9. The van der Waals surface area contributed by atoms with Crippen molar-refractivity contribution in [2.75, 3.05) is 6.61 Å². The third-order valence-electron chi connectivity index (χ3n) is 5.20. The number of aromatic nitrogens is 3. The predicted molar refractivity (Wildman–Crippen MR) is 117 cm³/mol. The summed E-state index contributed by atoms with van der Waals surface area (Å²) in [7, 11) is 0. The van der Waals surface area contributed by atoms with Gasteiger partial charge >= 0.3 is 0 Å². The fourth-order valence-electron chi connectivity index (χ4n) is 3.55. The van der Waals surface area contributed by atoms with Crippen LogP contribution >= 0.6 is 23.4 Å². The summed E-state index contributed by atoms with van der Waals surface area (Å²) in [4.78, 5) is 4.67. The molecule has 1 saturated heterocycles. The van der Waals surface area contributed by atoms with Crippen molar-refractivity contribution in [1.82, 2.24) is 14.8 Å². The van der Waals surface area contributed by atoms with Crippen LogP contribution in [0.3, 0.4) is 0 Å². The van der Waals surface area contributed by atoms with Gasteiger partial charge in [-0.25, -0.2) is 8.78 Å². The smallest absolute Gasteiger partial charge is 0.145 e. The lowest BCUT2D eigenvalue weighted by atomic mass is 9.97. The number of nitrogens with zero attached hydrogens (tertiary/aromatic N) is 3. The van der Waals surface area contributed by atoms with Crippen molar-refractivity contribution in [1.29, 1.82) is 0 Å². The highest BCUT2D eigenvalue weighted by atomic mass is 35.5. The minimum Gasteiger partial charge on any atom is -0.394 e. The number of pyridine rings is 1. The number of rotatable bonds is 5. The van der Waals surface area contributed by atoms with E-state index in [4.69, 9.17) is 22.8 Å². The van der Waals surface area contributed by atoms with Gasteiger partial charge in [0.15, 0.2) is 0 Å². The third kappa shape index (κ3) is 4.75. The maximum Gasteiger partial charge on any atom is 0.145 e. The Bertz CT molecular complexity index is 1180. The largest absolute Gasteiger partial charge is 0.394 e. The van der Waals surface area contributed by atoms with Crippen LogP contribution in [-0.2, 0) is 4.74 Å². The van der Waals surface area contributed by atoms with Gasteiger partial charge in [0, 0.05) is 34.6 Å². The molecule has 0 radical (unpaired) electrons. The number of halogens is 3. The Hall–Kier alpha value is -2.52. The van der Waals surface area contributed by atoms with Gasteiger partial charge in [0.05, 0.1) is 12.8 Å². The molecule has 4 rings (SSSR count). The zero-order valence-corrected chi connectivity index (χ0v) is 18.4. The molecule has 1 aliphatic heterocycles. The molecule has 0 aliphatic carbocycles. The molecule has 33 heavy (non-hydrogen) atoms. The molecule has 2 aromatic heterocycles. The molecule has 7 nitrogen and oxygen atoms in total. The molecule has 1 fully saturated rings. The van der Waals surface area contributed by atoms with E-state index in [-0.39, 0.29) is 5.56 Å². The Morgan fingerprint density at radius 3 is 2.52 bits per heavy atom. The van der Waals surface area contributed by atoms with E-state index in [1.807, 2.05) is 0 Å². The quantitative estimate of drug-likeness (QED) is 0.371. The van der Waals surface area contributed by atoms with Gasteiger partial charge in [-0.2, -0.15) is 5.10 Å². The zero-order valence-electron chi connectivity index (χ0n) is 16.8. The maximum atomic E-state index is 13.9. The highest BCUT2D eigenvalue weighted by Gasteiger charge is 2.46. The van der Waals surface area contributed by atoms with Crippen molar-refractivity contribution in [3.05, 3.63) is 65.2 Å². The molecule has 3 heterocycles. The monoisotopic (exact) mass is 493 g/mol. The van der Waals surface area contributed by atoms with Crippen LogP contribution in [0.25, 0.3) is 11.1 Å². The molecule has 2 unspecified atom stereocenters. The first-order valence-electron chi connectivity index (χ1n) is 9.72. The van der Waals surface area contributed by atoms with E-state index >= 15 is 0 Å². The SMILES string of the molecule is C#Cc1cncc(S[C@H]2OC(CO)[C@H](O)[C@H](n3cc(-c4cc(F)c(Cl)c(F)c4)cn3)C2O)c1. The van der Waals surface area contributed by atoms with E-state index < -0.39 is 53.1 Å². The highest BCUT2D eigenvalue weighted by molar-refractivity contribution is 7.99. The first kappa shape index (κ1) is 23.6. The lowest BCUT2D eigenvalue weighted by molar-refractivity contribution is -0.178. The van der Waals surface area contributed by atoms with Crippen LogP contribution in [0.2, 0.25) is 5.02 Å². The van der Waals surface area contributed by atoms with Crippen molar-refractivity contribution in [3.8, 4) is 23.5 Å². The van der Waals surface area contributed by atoms with E-state index in [0.717, 1.165) is 23.9 Å². The fraction of sp³-hybridized carbons (Fsp3) is 0.273. The van der Waals surface area contributed by atoms with Crippen LogP contribution in [0.15, 0.2) is 47.9 Å². The van der Waals surface area contributed by atoms with Crippen molar-refractivity contribution in [2.24, 2.45) is 0 Å². The normalized spacial score (nSPS) is 25.1. The summed E-state index contributed by atoms with van der Waals surface area (Å²) in [6.45, 7) is -0.508. The average molecular weight is 494 g/mol. The van der Waals surface area contributed by atoms with Crippen LogP contribution in [-0.4, -0.2) is 60.4 Å². The van der Waals surface area contributed by atoms with Gasteiger partial charge in [-0.3, -0.25) is 9.67 Å². The van der Waals surface area contributed by atoms with Crippen LogP contribution in [0.5, 0.6) is 0 Å². The molecule has 11 heteroatoms. The summed E-state index contributed by atoms with van der Waals surface area (Å²) in [6, 6.07) is 2.79. The summed E-state index contributed by atoms with van der Waals surface area (Å²) < 4.78 is 34.7. The number of aliphatic hydroxyl groups is 3. The molecule has 3 aromatic rings. The molecular formula is C22H18ClF2N3O4S. The van der Waals surface area contributed by atoms with Gasteiger partial charge in [0.25, 0.3) is 0 Å². The number of hydrogen-bond donors (Lipinski definition) is 3. The Morgan fingerprint density at radius 2 is 1.85 bits per heavy atom. The van der Waals surface area contributed by atoms with E-state index in [2.05, 4.69) is 16.0 Å². The van der Waals surface area contributed by atoms with Gasteiger partial charge in [-0.1, -0.05) is 29.3 Å². The Morgan fingerprint density at radius 1 is 1.12 bits per heavy atom. The second-order valence-corrected chi connectivity index (χ2v) is 8.88. The molecule has 5 atom stereocenters. The molecular weight excluding hydrogens is 476 g/mol. The highest BCUT2D eigenvalue weighted by Crippen LogP contribution is 2.38. The molecule has 1 aliphatic rings. The average Bonchev–Trinajstić information content (AvgIpc) is 3.29. The van der Waals surface area contributed by atoms with E-state index in [1.54, 1.807) is 12.3 Å². The first-order chi connectivity index (χ1) is 15.8. The van der Waals surface area contributed by atoms with Gasteiger partial charge in [0.1, 0.15) is 46.4 Å². The molecule has 0 bridgehead atoms. The summed E-state index contributed by atoms with van der Waals surface area (Å²) in [5.41, 5.74) is 0.160. The second kappa shape index (κ2) is 9.77. The third-order valence-corrected chi connectivity index (χ3v) is 6.68. The standard InChI is InChI=1S/C22H18ClF2N3O4S/c1-2-11-3-14(8-26-6-11)33-22-21(31)19(20(30)17(10-29)32-22)28-9-13(7-27-28)12-4-15(24)18(23)16(25)5-12/h1,3-9,17,19-22,29-31H,10H2/t17?,19-,20-,21?,22+/m0/s1. The molecule has 0 spiro atoms. The van der Waals surface area contributed by atoms with Gasteiger partial charge < -0.3 is 20.1 Å². The van der Waals surface area contributed by atoms with E-state index in [0.29, 0.717) is 16.0 Å². The van der Waals surface area contributed by atoms with Crippen molar-refractivity contribution < 1.29 is 28.8 Å². The van der Waals surface area contributed by atoms with Crippen molar-refractivity contribution in [3.63, 3.8) is 0 Å². The number of thioether (sulfide) groups is 1. The molecule has 172 valence electrons. The number of aliphatic hydroxyl groups excluding tert-OH is 3. The summed E-state index contributed by atoms with van der Waals surface area (Å²) >= 11 is 6.67. The molecule has 0 saturated carbocycles. The minimum atomic E-state index is -1.32. The number of terminal acetylenes is 1. The van der Waals surface area contributed by atoms with Gasteiger partial charge in [0.2, 0.25) is 0 Å². The number of hydrogen-bond acceptors (Lipinski definition) is 7. The summed E-state index contributed by atoms with van der Waals surface area (Å²) in [6.07, 6.45) is 7.63. The predicted octanol–water partition coefficient (Wildman–Crippen LogP) is 2.63. The summed E-state index contributed by atoms with van der Waals surface area (Å²) in [5.74, 6) is 0.621. The Balaban J connectivity index is 1.64. The van der Waals surface area contributed by atoms with Gasteiger partial charge in [-0.15, -0.1) is 6.42 Å². The van der Waals surface area contributed by atoms with Crippen molar-refractivity contribution in [2.45, 2.75) is 34.7 Å². The minimum absolute atomic E-state index is 0.179. The van der Waals surface area contributed by atoms with Crippen LogP contribution in [0.1, 0.15) is 11.6 Å². The van der Waals surface area contributed by atoms with Gasteiger partial charge in [-0.05, 0) is 23.8 Å². The van der Waals surface area contributed by atoms with Crippen LogP contribution in [0, 0.1) is 24.0 Å². The lowest BCUT2D eigenvalue weighted by Gasteiger charge is -2.42. The lowest BCUT2D eigenvalue weighted by Crippen LogP contribution is -2.54.